The molecule has 1 fully saturated rings. The molecule has 2 rings (SSSR count). The first kappa shape index (κ1) is 14.9. The van der Waals surface area contributed by atoms with Gasteiger partial charge in [0.1, 0.15) is 11.2 Å². The molecule has 1 aliphatic heterocycles. The van der Waals surface area contributed by atoms with Crippen molar-refractivity contribution in [3.05, 3.63) is 35.6 Å². The van der Waals surface area contributed by atoms with Crippen molar-refractivity contribution in [2.24, 2.45) is 11.7 Å². The monoisotopic (exact) mass is 281 g/mol. The zero-order chi connectivity index (χ0) is 14.6. The highest BCUT2D eigenvalue weighted by Crippen LogP contribution is 2.36. The summed E-state index contributed by atoms with van der Waals surface area (Å²) >= 11 is 0. The maximum Gasteiger partial charge on any atom is 0.315 e. The van der Waals surface area contributed by atoms with Crippen LogP contribution in [0.3, 0.4) is 0 Å². The minimum Gasteiger partial charge on any atom is -0.481 e. The molecule has 110 valence electrons. The van der Waals surface area contributed by atoms with Gasteiger partial charge in [-0.2, -0.15) is 0 Å². The smallest absolute Gasteiger partial charge is 0.315 e. The zero-order valence-corrected chi connectivity index (χ0v) is 11.3. The third kappa shape index (κ3) is 2.83. The summed E-state index contributed by atoms with van der Waals surface area (Å²) in [4.78, 5) is 11.8. The molecule has 0 spiro atoms. The average molecular weight is 281 g/mol. The molecule has 3 N–H and O–H groups in total. The van der Waals surface area contributed by atoms with Crippen LogP contribution in [0.1, 0.15) is 24.8 Å². The standard InChI is InChI=1S/C15H20FNO3/c16-13-4-2-1-3-12(13)15(10-17,14(18)19)9-11-5-7-20-8-6-11/h1-4,11H,5-10,17H2,(H,18,19). The summed E-state index contributed by atoms with van der Waals surface area (Å²) in [5.74, 6) is -1.37. The lowest BCUT2D eigenvalue weighted by atomic mass is 9.72. The summed E-state index contributed by atoms with van der Waals surface area (Å²) < 4.78 is 19.3. The van der Waals surface area contributed by atoms with Gasteiger partial charge in [0.05, 0.1) is 0 Å². The Balaban J connectivity index is 2.34. The fourth-order valence-corrected chi connectivity index (χ4v) is 2.89. The van der Waals surface area contributed by atoms with Crippen LogP contribution in [-0.2, 0) is 14.9 Å². The van der Waals surface area contributed by atoms with Gasteiger partial charge >= 0.3 is 5.97 Å². The first-order chi connectivity index (χ1) is 9.60. The summed E-state index contributed by atoms with van der Waals surface area (Å²) in [7, 11) is 0. The quantitative estimate of drug-likeness (QED) is 0.865. The molecule has 1 aromatic carbocycles. The maximum absolute atomic E-state index is 14.0. The van der Waals surface area contributed by atoms with Crippen molar-refractivity contribution in [1.29, 1.82) is 0 Å². The van der Waals surface area contributed by atoms with Gasteiger partial charge in [-0.05, 0) is 31.2 Å². The van der Waals surface area contributed by atoms with E-state index in [2.05, 4.69) is 0 Å². The van der Waals surface area contributed by atoms with Crippen molar-refractivity contribution in [3.8, 4) is 0 Å². The van der Waals surface area contributed by atoms with Crippen molar-refractivity contribution < 1.29 is 19.0 Å². The van der Waals surface area contributed by atoms with Crippen LogP contribution in [0.15, 0.2) is 24.3 Å². The van der Waals surface area contributed by atoms with Crippen molar-refractivity contribution in [3.63, 3.8) is 0 Å². The fourth-order valence-electron chi connectivity index (χ4n) is 2.89. The Hall–Kier alpha value is -1.46. The lowest BCUT2D eigenvalue weighted by molar-refractivity contribution is -0.144. The van der Waals surface area contributed by atoms with Gasteiger partial charge in [-0.15, -0.1) is 0 Å². The Kier molecular flexibility index (Phi) is 4.73. The molecule has 1 saturated heterocycles. The van der Waals surface area contributed by atoms with Gasteiger partial charge in [-0.3, -0.25) is 4.79 Å². The number of nitrogens with two attached hydrogens (primary N) is 1. The van der Waals surface area contributed by atoms with E-state index in [9.17, 15) is 14.3 Å². The molecule has 0 radical (unpaired) electrons. The molecule has 0 bridgehead atoms. The minimum atomic E-state index is -1.35. The summed E-state index contributed by atoms with van der Waals surface area (Å²) in [6, 6.07) is 6.01. The second-order valence-electron chi connectivity index (χ2n) is 5.33. The fraction of sp³-hybridized carbons (Fsp3) is 0.533. The molecule has 0 saturated carbocycles. The molecule has 1 unspecified atom stereocenters. The normalized spacial score (nSPS) is 19.5. The van der Waals surface area contributed by atoms with Gasteiger partial charge in [0.15, 0.2) is 0 Å². The molecule has 0 aliphatic carbocycles. The second kappa shape index (κ2) is 6.33. The number of aliphatic carboxylic acids is 1. The largest absolute Gasteiger partial charge is 0.481 e. The van der Waals surface area contributed by atoms with E-state index in [-0.39, 0.29) is 18.0 Å². The number of benzene rings is 1. The molecule has 0 aromatic heterocycles. The molecule has 1 atom stereocenters. The van der Waals surface area contributed by atoms with Gasteiger partial charge in [0.25, 0.3) is 0 Å². The molecule has 1 aliphatic rings. The number of carbonyl (C=O) groups is 1. The van der Waals surface area contributed by atoms with E-state index in [1.165, 1.54) is 12.1 Å². The number of ether oxygens (including phenoxy) is 1. The highest BCUT2D eigenvalue weighted by atomic mass is 19.1. The van der Waals surface area contributed by atoms with Gasteiger partial charge < -0.3 is 15.6 Å². The van der Waals surface area contributed by atoms with Crippen LogP contribution in [0, 0.1) is 11.7 Å². The Morgan fingerprint density at radius 2 is 2.05 bits per heavy atom. The number of hydrogen-bond donors (Lipinski definition) is 2. The topological polar surface area (TPSA) is 72.5 Å². The third-order valence-corrected chi connectivity index (χ3v) is 4.13. The van der Waals surface area contributed by atoms with Crippen LogP contribution in [-0.4, -0.2) is 30.8 Å². The van der Waals surface area contributed by atoms with Crippen molar-refractivity contribution in [2.75, 3.05) is 19.8 Å². The number of carboxylic acid groups (broad SMARTS) is 1. The van der Waals surface area contributed by atoms with Crippen molar-refractivity contribution in [1.82, 2.24) is 0 Å². The van der Waals surface area contributed by atoms with Crippen molar-refractivity contribution >= 4 is 5.97 Å². The van der Waals surface area contributed by atoms with Gasteiger partial charge in [-0.1, -0.05) is 18.2 Å². The van der Waals surface area contributed by atoms with Crippen LogP contribution in [0.5, 0.6) is 0 Å². The van der Waals surface area contributed by atoms with E-state index in [1.807, 2.05) is 0 Å². The molecule has 4 nitrogen and oxygen atoms in total. The second-order valence-corrected chi connectivity index (χ2v) is 5.33. The van der Waals surface area contributed by atoms with Gasteiger partial charge in [-0.25, -0.2) is 4.39 Å². The third-order valence-electron chi connectivity index (χ3n) is 4.13. The van der Waals surface area contributed by atoms with Gasteiger partial charge in [0, 0.05) is 25.3 Å². The predicted octanol–water partition coefficient (Wildman–Crippen LogP) is 1.92. The Morgan fingerprint density at radius 1 is 1.40 bits per heavy atom. The first-order valence-corrected chi connectivity index (χ1v) is 6.86. The molecule has 5 heteroatoms. The van der Waals surface area contributed by atoms with Crippen LogP contribution < -0.4 is 5.73 Å². The Morgan fingerprint density at radius 3 is 2.60 bits per heavy atom. The molecule has 1 aromatic rings. The van der Waals surface area contributed by atoms with Gasteiger partial charge in [0.2, 0.25) is 0 Å². The summed E-state index contributed by atoms with van der Waals surface area (Å²) in [6.45, 7) is 1.14. The maximum atomic E-state index is 14.0. The highest BCUT2D eigenvalue weighted by Gasteiger charge is 2.43. The van der Waals surface area contributed by atoms with Crippen LogP contribution >= 0.6 is 0 Å². The number of rotatable bonds is 5. The van der Waals surface area contributed by atoms with E-state index in [1.54, 1.807) is 12.1 Å². The number of hydrogen-bond acceptors (Lipinski definition) is 3. The van der Waals surface area contributed by atoms with Crippen LogP contribution in [0.2, 0.25) is 0 Å². The lowest BCUT2D eigenvalue weighted by Gasteiger charge is -2.34. The Bertz CT molecular complexity index is 474. The van der Waals surface area contributed by atoms with Crippen molar-refractivity contribution in [2.45, 2.75) is 24.7 Å². The molecule has 0 amide bonds. The summed E-state index contributed by atoms with van der Waals surface area (Å²) in [6.07, 6.45) is 1.94. The molecular formula is C15H20FNO3. The molecular weight excluding hydrogens is 261 g/mol. The van der Waals surface area contributed by atoms with E-state index >= 15 is 0 Å². The predicted molar refractivity (Wildman–Crippen MR) is 72.9 cm³/mol. The van der Waals surface area contributed by atoms with E-state index in [0.29, 0.717) is 19.6 Å². The summed E-state index contributed by atoms with van der Waals surface area (Å²) in [5, 5.41) is 9.65. The zero-order valence-electron chi connectivity index (χ0n) is 11.3. The first-order valence-electron chi connectivity index (χ1n) is 6.86. The van der Waals surface area contributed by atoms with E-state index in [4.69, 9.17) is 10.5 Å². The number of halogens is 1. The Labute approximate surface area is 117 Å². The minimum absolute atomic E-state index is 0.110. The summed E-state index contributed by atoms with van der Waals surface area (Å²) in [5.41, 5.74) is 4.58. The lowest BCUT2D eigenvalue weighted by Crippen LogP contribution is -2.45. The van der Waals surface area contributed by atoms with Crippen LogP contribution in [0.4, 0.5) is 4.39 Å². The highest BCUT2D eigenvalue weighted by molar-refractivity contribution is 5.82. The SMILES string of the molecule is NCC(CC1CCOCC1)(C(=O)O)c1ccccc1F. The molecule has 20 heavy (non-hydrogen) atoms. The average Bonchev–Trinajstić information content (AvgIpc) is 2.46. The van der Waals surface area contributed by atoms with Crippen LogP contribution in [0.25, 0.3) is 0 Å². The molecule has 1 heterocycles. The number of carboxylic acids is 1. The van der Waals surface area contributed by atoms with E-state index in [0.717, 1.165) is 12.8 Å². The van der Waals surface area contributed by atoms with E-state index < -0.39 is 17.2 Å².